The number of aryl methyl sites for hydroxylation is 2. The fourth-order valence-electron chi connectivity index (χ4n) is 2.48. The third-order valence-corrected chi connectivity index (χ3v) is 4.25. The summed E-state index contributed by atoms with van der Waals surface area (Å²) in [7, 11) is 1.94. The predicted molar refractivity (Wildman–Crippen MR) is 83.3 cm³/mol. The zero-order chi connectivity index (χ0) is 14.0. The first-order valence-electron chi connectivity index (χ1n) is 6.23. The van der Waals surface area contributed by atoms with Gasteiger partial charge in [0.05, 0.1) is 16.1 Å². The minimum Gasteiger partial charge on any atom is -0.309 e. The number of nitrogens with one attached hydrogen (secondary N) is 1. The van der Waals surface area contributed by atoms with Crippen molar-refractivity contribution in [1.29, 1.82) is 0 Å². The Hall–Kier alpha value is -1.02. The van der Waals surface area contributed by atoms with Gasteiger partial charge in [0.25, 0.3) is 0 Å². The van der Waals surface area contributed by atoms with Crippen molar-refractivity contribution in [3.05, 3.63) is 68.7 Å². The summed E-state index contributed by atoms with van der Waals surface area (Å²) in [6.07, 6.45) is 0. The Bertz CT molecular complexity index is 573. The Labute approximate surface area is 124 Å². The van der Waals surface area contributed by atoms with Gasteiger partial charge < -0.3 is 5.32 Å². The molecule has 0 spiro atoms. The Morgan fingerprint density at radius 1 is 0.947 bits per heavy atom. The lowest BCUT2D eigenvalue weighted by Crippen LogP contribution is -2.20. The van der Waals surface area contributed by atoms with Crippen molar-refractivity contribution in [3.8, 4) is 0 Å². The average molecular weight is 294 g/mol. The van der Waals surface area contributed by atoms with Gasteiger partial charge in [-0.3, -0.25) is 0 Å². The molecule has 0 aliphatic rings. The fourth-order valence-corrected chi connectivity index (χ4v) is 2.90. The Morgan fingerprint density at radius 3 is 2.11 bits per heavy atom. The van der Waals surface area contributed by atoms with Crippen molar-refractivity contribution < 1.29 is 0 Å². The zero-order valence-electron chi connectivity index (χ0n) is 11.3. The van der Waals surface area contributed by atoms with Crippen LogP contribution in [0.4, 0.5) is 0 Å². The highest BCUT2D eigenvalue weighted by Crippen LogP contribution is 2.35. The van der Waals surface area contributed by atoms with Crippen LogP contribution < -0.4 is 5.32 Å². The SMILES string of the molecule is CNC(c1cccc(Cl)c1Cl)c1c(C)cccc1C. The maximum atomic E-state index is 6.35. The van der Waals surface area contributed by atoms with Gasteiger partial charge in [0.2, 0.25) is 0 Å². The Kier molecular flexibility index (Phi) is 4.51. The molecule has 19 heavy (non-hydrogen) atoms. The molecule has 0 heterocycles. The molecule has 0 saturated carbocycles. The van der Waals surface area contributed by atoms with Crippen LogP contribution >= 0.6 is 23.2 Å². The van der Waals surface area contributed by atoms with Gasteiger partial charge in [0, 0.05) is 0 Å². The molecule has 0 aliphatic carbocycles. The summed E-state index contributed by atoms with van der Waals surface area (Å²) in [4.78, 5) is 0. The third kappa shape index (κ3) is 2.79. The predicted octanol–water partition coefficient (Wildman–Crippen LogP) is 4.92. The van der Waals surface area contributed by atoms with E-state index >= 15 is 0 Å². The molecule has 1 unspecified atom stereocenters. The van der Waals surface area contributed by atoms with Crippen molar-refractivity contribution >= 4 is 23.2 Å². The van der Waals surface area contributed by atoms with Crippen molar-refractivity contribution in [2.45, 2.75) is 19.9 Å². The minimum atomic E-state index is 0.0485. The second kappa shape index (κ2) is 5.96. The van der Waals surface area contributed by atoms with Crippen molar-refractivity contribution in [2.75, 3.05) is 7.05 Å². The maximum Gasteiger partial charge on any atom is 0.0643 e. The molecule has 2 aromatic rings. The largest absolute Gasteiger partial charge is 0.309 e. The van der Waals surface area contributed by atoms with Crippen molar-refractivity contribution in [1.82, 2.24) is 5.32 Å². The molecule has 1 atom stereocenters. The van der Waals surface area contributed by atoms with Crippen LogP contribution in [-0.4, -0.2) is 7.05 Å². The quantitative estimate of drug-likeness (QED) is 0.847. The normalized spacial score (nSPS) is 12.5. The van der Waals surface area contributed by atoms with E-state index in [1.807, 2.05) is 25.2 Å². The van der Waals surface area contributed by atoms with Crippen LogP contribution in [0.1, 0.15) is 28.3 Å². The second-order valence-electron chi connectivity index (χ2n) is 4.67. The smallest absolute Gasteiger partial charge is 0.0643 e. The molecule has 0 aliphatic heterocycles. The summed E-state index contributed by atoms with van der Waals surface area (Å²) in [5.41, 5.74) is 4.76. The van der Waals surface area contributed by atoms with E-state index in [1.165, 1.54) is 16.7 Å². The summed E-state index contributed by atoms with van der Waals surface area (Å²) in [5.74, 6) is 0. The topological polar surface area (TPSA) is 12.0 Å². The summed E-state index contributed by atoms with van der Waals surface area (Å²) < 4.78 is 0. The van der Waals surface area contributed by atoms with Crippen LogP contribution in [0.5, 0.6) is 0 Å². The minimum absolute atomic E-state index is 0.0485. The zero-order valence-corrected chi connectivity index (χ0v) is 12.8. The summed E-state index contributed by atoms with van der Waals surface area (Å²) in [6.45, 7) is 4.23. The van der Waals surface area contributed by atoms with Gasteiger partial charge in [-0.25, -0.2) is 0 Å². The Morgan fingerprint density at radius 2 is 1.53 bits per heavy atom. The highest BCUT2D eigenvalue weighted by Gasteiger charge is 2.19. The molecule has 0 amide bonds. The molecule has 2 rings (SSSR count). The summed E-state index contributed by atoms with van der Waals surface area (Å²) in [5, 5.41) is 4.55. The summed E-state index contributed by atoms with van der Waals surface area (Å²) >= 11 is 12.5. The first-order chi connectivity index (χ1) is 9.06. The van der Waals surface area contributed by atoms with E-state index in [4.69, 9.17) is 23.2 Å². The van der Waals surface area contributed by atoms with E-state index in [9.17, 15) is 0 Å². The van der Waals surface area contributed by atoms with Gasteiger partial charge in [0.1, 0.15) is 0 Å². The van der Waals surface area contributed by atoms with E-state index in [2.05, 4.69) is 37.4 Å². The molecule has 1 nitrogen and oxygen atoms in total. The molecule has 0 radical (unpaired) electrons. The van der Waals surface area contributed by atoms with Crippen molar-refractivity contribution in [2.24, 2.45) is 0 Å². The van der Waals surface area contributed by atoms with E-state index in [0.29, 0.717) is 10.0 Å². The van der Waals surface area contributed by atoms with Crippen LogP contribution in [0.15, 0.2) is 36.4 Å². The first kappa shape index (κ1) is 14.4. The maximum absolute atomic E-state index is 6.35. The van der Waals surface area contributed by atoms with Crippen LogP contribution in [-0.2, 0) is 0 Å². The highest BCUT2D eigenvalue weighted by atomic mass is 35.5. The van der Waals surface area contributed by atoms with E-state index in [-0.39, 0.29) is 6.04 Å². The van der Waals surface area contributed by atoms with E-state index in [1.54, 1.807) is 0 Å². The monoisotopic (exact) mass is 293 g/mol. The van der Waals surface area contributed by atoms with Crippen molar-refractivity contribution in [3.63, 3.8) is 0 Å². The van der Waals surface area contributed by atoms with E-state index in [0.717, 1.165) is 5.56 Å². The molecule has 100 valence electrons. The molecule has 0 aromatic heterocycles. The van der Waals surface area contributed by atoms with Gasteiger partial charge in [-0.15, -0.1) is 0 Å². The second-order valence-corrected chi connectivity index (χ2v) is 5.46. The summed E-state index contributed by atoms with van der Waals surface area (Å²) in [6, 6.07) is 12.1. The lowest BCUT2D eigenvalue weighted by Gasteiger charge is -2.23. The highest BCUT2D eigenvalue weighted by molar-refractivity contribution is 6.42. The number of hydrogen-bond donors (Lipinski definition) is 1. The van der Waals surface area contributed by atoms with Crippen LogP contribution in [0.3, 0.4) is 0 Å². The van der Waals surface area contributed by atoms with Gasteiger partial charge in [0.15, 0.2) is 0 Å². The molecule has 0 bridgehead atoms. The van der Waals surface area contributed by atoms with Crippen LogP contribution in [0, 0.1) is 13.8 Å². The number of halogens is 2. The number of benzene rings is 2. The number of rotatable bonds is 3. The molecule has 1 N–H and O–H groups in total. The Balaban J connectivity index is 2.60. The molecule has 2 aromatic carbocycles. The van der Waals surface area contributed by atoms with Gasteiger partial charge in [-0.05, 0) is 49.2 Å². The first-order valence-corrected chi connectivity index (χ1v) is 6.99. The standard InChI is InChI=1S/C16H17Cl2N/c1-10-6-4-7-11(2)14(10)16(19-3)12-8-5-9-13(17)15(12)18/h4-9,16,19H,1-3H3. The molecular weight excluding hydrogens is 277 g/mol. The van der Waals surface area contributed by atoms with Gasteiger partial charge in [-0.1, -0.05) is 53.5 Å². The van der Waals surface area contributed by atoms with Crippen LogP contribution in [0.2, 0.25) is 10.0 Å². The lowest BCUT2D eigenvalue weighted by molar-refractivity contribution is 0.683. The lowest BCUT2D eigenvalue weighted by atomic mass is 9.91. The average Bonchev–Trinajstić information content (AvgIpc) is 2.38. The number of hydrogen-bond acceptors (Lipinski definition) is 1. The third-order valence-electron chi connectivity index (χ3n) is 3.41. The van der Waals surface area contributed by atoms with Crippen LogP contribution in [0.25, 0.3) is 0 Å². The van der Waals surface area contributed by atoms with Gasteiger partial charge >= 0.3 is 0 Å². The molecular formula is C16H17Cl2N. The fraction of sp³-hybridized carbons (Fsp3) is 0.250. The van der Waals surface area contributed by atoms with Gasteiger partial charge in [-0.2, -0.15) is 0 Å². The molecule has 3 heteroatoms. The molecule has 0 fully saturated rings. The van der Waals surface area contributed by atoms with E-state index < -0.39 is 0 Å². The molecule has 0 saturated heterocycles.